The van der Waals surface area contributed by atoms with Gasteiger partial charge in [0, 0.05) is 12.1 Å². The number of hydrogen-bond acceptors (Lipinski definition) is 8. The molecule has 28 heavy (non-hydrogen) atoms. The van der Waals surface area contributed by atoms with Gasteiger partial charge in [0.25, 0.3) is 10.0 Å². The fourth-order valence-corrected chi connectivity index (χ4v) is 4.01. The number of primary sulfonamides is 1. The summed E-state index contributed by atoms with van der Waals surface area (Å²) < 4.78 is 65.5. The molecule has 0 amide bonds. The van der Waals surface area contributed by atoms with Crippen LogP contribution in [0.15, 0.2) is 46.2 Å². The van der Waals surface area contributed by atoms with Gasteiger partial charge in [-0.05, 0) is 18.2 Å². The second-order valence-corrected chi connectivity index (χ2v) is 8.61. The normalized spacial score (nSPS) is 11.6. The van der Waals surface area contributed by atoms with Gasteiger partial charge in [0.2, 0.25) is 10.0 Å². The van der Waals surface area contributed by atoms with Crippen molar-refractivity contribution in [1.82, 2.24) is 0 Å². The molecular formula is C16H18N2O8S2. The number of methoxy groups -OCH3 is 3. The lowest BCUT2D eigenvalue weighted by atomic mass is 10.1. The summed E-state index contributed by atoms with van der Waals surface area (Å²) in [7, 11) is -4.57. The van der Waals surface area contributed by atoms with Gasteiger partial charge in [-0.25, -0.2) is 26.8 Å². The molecule has 0 bridgehead atoms. The highest BCUT2D eigenvalue weighted by Crippen LogP contribution is 2.34. The third-order valence-electron chi connectivity index (χ3n) is 3.62. The van der Waals surface area contributed by atoms with Gasteiger partial charge in [-0.2, -0.15) is 0 Å². The molecule has 0 saturated carbocycles. The van der Waals surface area contributed by atoms with E-state index in [-0.39, 0.29) is 32.5 Å². The van der Waals surface area contributed by atoms with E-state index in [4.69, 9.17) is 14.6 Å². The van der Waals surface area contributed by atoms with Gasteiger partial charge in [0.15, 0.2) is 11.5 Å². The third-order valence-corrected chi connectivity index (χ3v) is 5.89. The Morgan fingerprint density at radius 3 is 2.04 bits per heavy atom. The highest BCUT2D eigenvalue weighted by molar-refractivity contribution is 7.93. The van der Waals surface area contributed by atoms with Crippen LogP contribution in [-0.4, -0.2) is 44.1 Å². The van der Waals surface area contributed by atoms with Gasteiger partial charge in [-0.1, -0.05) is 6.07 Å². The first-order valence-corrected chi connectivity index (χ1v) is 10.6. The van der Waals surface area contributed by atoms with Crippen molar-refractivity contribution < 1.29 is 35.8 Å². The van der Waals surface area contributed by atoms with Crippen molar-refractivity contribution in [2.24, 2.45) is 5.14 Å². The predicted molar refractivity (Wildman–Crippen MR) is 99.5 cm³/mol. The number of carbonyl (C=O) groups excluding carboxylic acids is 1. The monoisotopic (exact) mass is 430 g/mol. The number of anilines is 1. The zero-order valence-corrected chi connectivity index (χ0v) is 16.8. The number of nitrogens with two attached hydrogens (primary N) is 1. The number of sulfonamides is 2. The number of carbonyl (C=O) groups is 1. The maximum Gasteiger partial charge on any atom is 0.340 e. The van der Waals surface area contributed by atoms with Crippen molar-refractivity contribution in [1.29, 1.82) is 0 Å². The summed E-state index contributed by atoms with van der Waals surface area (Å²) in [6, 6.07) is 6.95. The van der Waals surface area contributed by atoms with Crippen molar-refractivity contribution >= 4 is 31.7 Å². The number of ether oxygens (including phenoxy) is 3. The van der Waals surface area contributed by atoms with E-state index in [1.54, 1.807) is 0 Å². The first-order chi connectivity index (χ1) is 13.0. The summed E-state index contributed by atoms with van der Waals surface area (Å²) in [5, 5.41) is 5.04. The minimum absolute atomic E-state index is 0.133. The minimum atomic E-state index is -4.28. The zero-order chi connectivity index (χ0) is 21.1. The SMILES string of the molecule is COC(=O)c1cc(OC)c(OC)cc1NS(=O)(=O)c1cccc(S(N)(=O)=O)c1. The van der Waals surface area contributed by atoms with Gasteiger partial charge >= 0.3 is 5.97 Å². The molecule has 12 heteroatoms. The molecule has 2 aromatic carbocycles. The van der Waals surface area contributed by atoms with Crippen LogP contribution in [0.5, 0.6) is 11.5 Å². The van der Waals surface area contributed by atoms with Crippen LogP contribution in [0, 0.1) is 0 Å². The molecule has 0 radical (unpaired) electrons. The summed E-state index contributed by atoms with van der Waals surface area (Å²) in [4.78, 5) is 11.3. The Balaban J connectivity index is 2.58. The highest BCUT2D eigenvalue weighted by atomic mass is 32.2. The lowest BCUT2D eigenvalue weighted by Crippen LogP contribution is -2.18. The number of rotatable bonds is 7. The molecule has 2 rings (SSSR count). The van der Waals surface area contributed by atoms with E-state index in [1.165, 1.54) is 38.5 Å². The number of hydrogen-bond donors (Lipinski definition) is 2. The van der Waals surface area contributed by atoms with E-state index in [0.29, 0.717) is 0 Å². The lowest BCUT2D eigenvalue weighted by molar-refractivity contribution is 0.0601. The highest BCUT2D eigenvalue weighted by Gasteiger charge is 2.23. The second kappa shape index (κ2) is 8.04. The molecule has 0 fully saturated rings. The maximum absolute atomic E-state index is 12.7. The summed E-state index contributed by atoms with van der Waals surface area (Å²) in [6.45, 7) is 0. The molecule has 0 spiro atoms. The summed E-state index contributed by atoms with van der Waals surface area (Å²) in [5.41, 5.74) is -0.281. The third kappa shape index (κ3) is 4.52. The van der Waals surface area contributed by atoms with Crippen molar-refractivity contribution in [3.8, 4) is 11.5 Å². The Kier molecular flexibility index (Phi) is 6.17. The summed E-state index contributed by atoms with van der Waals surface area (Å²) in [5.74, 6) is -0.481. The molecule has 152 valence electrons. The summed E-state index contributed by atoms with van der Waals surface area (Å²) in [6.07, 6.45) is 0. The van der Waals surface area contributed by atoms with E-state index in [0.717, 1.165) is 19.2 Å². The van der Waals surface area contributed by atoms with Crippen molar-refractivity contribution in [3.63, 3.8) is 0 Å². The van der Waals surface area contributed by atoms with Gasteiger partial charge in [0.1, 0.15) is 0 Å². The predicted octanol–water partition coefficient (Wildman–Crippen LogP) is 0.939. The number of benzene rings is 2. The molecule has 3 N–H and O–H groups in total. The smallest absolute Gasteiger partial charge is 0.340 e. The molecule has 0 unspecified atom stereocenters. The van der Waals surface area contributed by atoms with E-state index in [1.807, 2.05) is 0 Å². The van der Waals surface area contributed by atoms with Gasteiger partial charge in [-0.3, -0.25) is 4.72 Å². The average Bonchev–Trinajstić information content (AvgIpc) is 2.66. The zero-order valence-electron chi connectivity index (χ0n) is 15.1. The van der Waals surface area contributed by atoms with Crippen LogP contribution in [0.3, 0.4) is 0 Å². The molecule has 0 aromatic heterocycles. The molecule has 0 aliphatic rings. The second-order valence-electron chi connectivity index (χ2n) is 5.37. The van der Waals surface area contributed by atoms with Crippen molar-refractivity contribution in [2.75, 3.05) is 26.1 Å². The average molecular weight is 430 g/mol. The van der Waals surface area contributed by atoms with Crippen LogP contribution in [0.25, 0.3) is 0 Å². The van der Waals surface area contributed by atoms with Crippen LogP contribution in [0.2, 0.25) is 0 Å². The molecule has 10 nitrogen and oxygen atoms in total. The molecule has 0 aliphatic heterocycles. The fraction of sp³-hybridized carbons (Fsp3) is 0.188. The van der Waals surface area contributed by atoms with Gasteiger partial charge in [-0.15, -0.1) is 0 Å². The quantitative estimate of drug-likeness (QED) is 0.616. The molecule has 0 atom stereocenters. The van der Waals surface area contributed by atoms with Crippen LogP contribution >= 0.6 is 0 Å². The Bertz CT molecular complexity index is 1110. The van der Waals surface area contributed by atoms with E-state index < -0.39 is 26.0 Å². The largest absolute Gasteiger partial charge is 0.493 e. The Morgan fingerprint density at radius 2 is 1.50 bits per heavy atom. The lowest BCUT2D eigenvalue weighted by Gasteiger charge is -2.15. The Labute approximate surface area is 162 Å². The fourth-order valence-electron chi connectivity index (χ4n) is 2.26. The van der Waals surface area contributed by atoms with Crippen LogP contribution in [0.4, 0.5) is 5.69 Å². The van der Waals surface area contributed by atoms with E-state index >= 15 is 0 Å². The van der Waals surface area contributed by atoms with Crippen LogP contribution in [0.1, 0.15) is 10.4 Å². The first kappa shape index (κ1) is 21.5. The number of nitrogens with one attached hydrogen (secondary N) is 1. The molecule has 0 aliphatic carbocycles. The van der Waals surface area contributed by atoms with Gasteiger partial charge < -0.3 is 14.2 Å². The molecule has 0 heterocycles. The topological polar surface area (TPSA) is 151 Å². The molecule has 2 aromatic rings. The van der Waals surface area contributed by atoms with E-state index in [2.05, 4.69) is 9.46 Å². The van der Waals surface area contributed by atoms with Crippen molar-refractivity contribution in [2.45, 2.75) is 9.79 Å². The molecular weight excluding hydrogens is 412 g/mol. The number of esters is 1. The van der Waals surface area contributed by atoms with Gasteiger partial charge in [0.05, 0.1) is 42.4 Å². The minimum Gasteiger partial charge on any atom is -0.493 e. The van der Waals surface area contributed by atoms with E-state index in [9.17, 15) is 21.6 Å². The summed E-state index contributed by atoms with van der Waals surface area (Å²) >= 11 is 0. The maximum atomic E-state index is 12.7. The van der Waals surface area contributed by atoms with Crippen LogP contribution < -0.4 is 19.3 Å². The Hall–Kier alpha value is -2.83. The Morgan fingerprint density at radius 1 is 0.929 bits per heavy atom. The molecule has 0 saturated heterocycles. The van der Waals surface area contributed by atoms with Crippen molar-refractivity contribution in [3.05, 3.63) is 42.0 Å². The van der Waals surface area contributed by atoms with Crippen LogP contribution in [-0.2, 0) is 24.8 Å². The standard InChI is InChI=1S/C16H18N2O8S2/c1-24-14-8-12(16(19)26-3)13(9-15(14)25-2)18-28(22,23)11-6-4-5-10(7-11)27(17,20)21/h4-9,18H,1-3H3,(H2,17,20,21). The first-order valence-electron chi connectivity index (χ1n) is 7.53.